The molecule has 2 aromatic carbocycles. The molecule has 0 radical (unpaired) electrons. The van der Waals surface area contributed by atoms with E-state index >= 15 is 0 Å². The van der Waals surface area contributed by atoms with Gasteiger partial charge in [0.2, 0.25) is 0 Å². The maximum atomic E-state index is 12.5. The van der Waals surface area contributed by atoms with Crippen molar-refractivity contribution in [2.75, 3.05) is 5.32 Å². The smallest absolute Gasteiger partial charge is 0.387 e. The van der Waals surface area contributed by atoms with Crippen LogP contribution in [0.3, 0.4) is 0 Å². The Morgan fingerprint density at radius 2 is 1.70 bits per heavy atom. The van der Waals surface area contributed by atoms with Crippen molar-refractivity contribution >= 4 is 11.6 Å². The van der Waals surface area contributed by atoms with Crippen LogP contribution < -0.4 is 10.1 Å². The van der Waals surface area contributed by atoms with Gasteiger partial charge >= 0.3 is 6.61 Å². The number of rotatable bonds is 5. The number of anilines is 1. The Balaban J connectivity index is 1.81. The monoisotopic (exact) mass is 372 g/mol. The highest BCUT2D eigenvalue weighted by Crippen LogP contribution is 2.20. The third-order valence-corrected chi connectivity index (χ3v) is 3.90. The van der Waals surface area contributed by atoms with Crippen molar-refractivity contribution in [1.82, 2.24) is 15.0 Å². The van der Waals surface area contributed by atoms with Crippen LogP contribution in [0.25, 0.3) is 5.69 Å². The minimum atomic E-state index is -2.88. The summed E-state index contributed by atoms with van der Waals surface area (Å²) in [5.74, 6) is -0.333. The number of nitrogens with one attached hydrogen (secondary N) is 1. The Morgan fingerprint density at radius 1 is 1.07 bits per heavy atom. The maximum absolute atomic E-state index is 12.5. The van der Waals surface area contributed by atoms with Crippen LogP contribution in [0.2, 0.25) is 0 Å². The van der Waals surface area contributed by atoms with E-state index in [9.17, 15) is 13.6 Å². The highest BCUT2D eigenvalue weighted by molar-refractivity contribution is 6.03. The van der Waals surface area contributed by atoms with E-state index in [0.29, 0.717) is 17.1 Å². The molecule has 0 aliphatic carbocycles. The molecule has 0 fully saturated rings. The fourth-order valence-electron chi connectivity index (χ4n) is 2.79. The number of ether oxygens (including phenoxy) is 1. The molecule has 0 spiro atoms. The Labute approximate surface area is 154 Å². The van der Waals surface area contributed by atoms with Crippen LogP contribution in [-0.4, -0.2) is 27.5 Å². The number of hydrogen-bond acceptors (Lipinski definition) is 4. The largest absolute Gasteiger partial charge is 0.435 e. The average Bonchev–Trinajstić information content (AvgIpc) is 2.96. The van der Waals surface area contributed by atoms with Gasteiger partial charge in [-0.2, -0.15) is 8.78 Å². The van der Waals surface area contributed by atoms with E-state index in [4.69, 9.17) is 0 Å². The molecule has 1 amide bonds. The Hall–Kier alpha value is -3.29. The first kappa shape index (κ1) is 18.5. The van der Waals surface area contributed by atoms with Crippen molar-refractivity contribution in [3.63, 3.8) is 0 Å². The number of carbonyl (C=O) groups is 1. The third kappa shape index (κ3) is 4.28. The van der Waals surface area contributed by atoms with E-state index in [1.165, 1.54) is 16.8 Å². The highest BCUT2D eigenvalue weighted by atomic mass is 19.3. The van der Waals surface area contributed by atoms with Gasteiger partial charge < -0.3 is 10.1 Å². The fraction of sp³-hybridized carbons (Fsp3) is 0.211. The SMILES string of the molecule is Cc1cc(C)cc(NC(=O)c2nnn(-c3ccc(OC(F)F)cc3)c2C)c1. The van der Waals surface area contributed by atoms with Gasteiger partial charge in [0, 0.05) is 5.69 Å². The summed E-state index contributed by atoms with van der Waals surface area (Å²) >= 11 is 0. The zero-order valence-electron chi connectivity index (χ0n) is 15.0. The van der Waals surface area contributed by atoms with Crippen molar-refractivity contribution < 1.29 is 18.3 Å². The van der Waals surface area contributed by atoms with Gasteiger partial charge in [-0.15, -0.1) is 5.10 Å². The fourth-order valence-corrected chi connectivity index (χ4v) is 2.79. The zero-order chi connectivity index (χ0) is 19.6. The molecule has 3 rings (SSSR count). The van der Waals surface area contributed by atoms with Gasteiger partial charge in [0.25, 0.3) is 5.91 Å². The van der Waals surface area contributed by atoms with Crippen LogP contribution in [0, 0.1) is 20.8 Å². The van der Waals surface area contributed by atoms with Crippen molar-refractivity contribution in [2.45, 2.75) is 27.4 Å². The number of benzene rings is 2. The molecule has 0 unspecified atom stereocenters. The Kier molecular flexibility index (Phi) is 5.16. The standard InChI is InChI=1S/C19H18F2N4O2/c1-11-8-12(2)10-14(9-11)22-18(26)17-13(3)25(24-23-17)15-4-6-16(7-5-15)27-19(20)21/h4-10,19H,1-3H3,(H,22,26). The predicted molar refractivity (Wildman–Crippen MR) is 96.6 cm³/mol. The van der Waals surface area contributed by atoms with Crippen LogP contribution in [0.15, 0.2) is 42.5 Å². The van der Waals surface area contributed by atoms with E-state index in [1.54, 1.807) is 19.1 Å². The van der Waals surface area contributed by atoms with Gasteiger partial charge in [0.1, 0.15) is 5.75 Å². The first-order valence-electron chi connectivity index (χ1n) is 8.20. The molecule has 6 nitrogen and oxygen atoms in total. The summed E-state index contributed by atoms with van der Waals surface area (Å²) in [5, 5.41) is 10.8. The molecule has 0 atom stereocenters. The number of aromatic nitrogens is 3. The lowest BCUT2D eigenvalue weighted by Gasteiger charge is -2.08. The van der Waals surface area contributed by atoms with Gasteiger partial charge in [-0.3, -0.25) is 4.79 Å². The molecule has 0 bridgehead atoms. The molecule has 3 aromatic rings. The van der Waals surface area contributed by atoms with Gasteiger partial charge in [0.15, 0.2) is 5.69 Å². The number of nitrogens with zero attached hydrogens (tertiary/aromatic N) is 3. The lowest BCUT2D eigenvalue weighted by Crippen LogP contribution is -2.14. The summed E-state index contributed by atoms with van der Waals surface area (Å²) < 4.78 is 30.3. The predicted octanol–water partition coefficient (Wildman–Crippen LogP) is 4.05. The molecule has 1 aromatic heterocycles. The van der Waals surface area contributed by atoms with Crippen molar-refractivity contribution in [1.29, 1.82) is 0 Å². The topological polar surface area (TPSA) is 69.0 Å². The molecule has 27 heavy (non-hydrogen) atoms. The quantitative estimate of drug-likeness (QED) is 0.734. The zero-order valence-corrected chi connectivity index (χ0v) is 15.0. The van der Waals surface area contributed by atoms with E-state index < -0.39 is 6.61 Å². The maximum Gasteiger partial charge on any atom is 0.387 e. The Morgan fingerprint density at radius 3 is 2.30 bits per heavy atom. The van der Waals surface area contributed by atoms with Crippen molar-refractivity contribution in [3.05, 3.63) is 65.0 Å². The number of carbonyl (C=O) groups excluding carboxylic acids is 1. The summed E-state index contributed by atoms with van der Waals surface area (Å²) in [6.45, 7) is 2.72. The van der Waals surface area contributed by atoms with Crippen LogP contribution in [0.4, 0.5) is 14.5 Å². The molecule has 140 valence electrons. The lowest BCUT2D eigenvalue weighted by molar-refractivity contribution is -0.0498. The average molecular weight is 372 g/mol. The number of aryl methyl sites for hydroxylation is 2. The number of amides is 1. The van der Waals surface area contributed by atoms with E-state index in [-0.39, 0.29) is 17.4 Å². The third-order valence-electron chi connectivity index (χ3n) is 3.90. The van der Waals surface area contributed by atoms with Crippen LogP contribution >= 0.6 is 0 Å². The van der Waals surface area contributed by atoms with E-state index in [1.807, 2.05) is 32.0 Å². The van der Waals surface area contributed by atoms with Gasteiger partial charge in [0.05, 0.1) is 11.4 Å². The minimum absolute atomic E-state index is 0.0410. The molecule has 1 N–H and O–H groups in total. The van der Waals surface area contributed by atoms with E-state index in [0.717, 1.165) is 11.1 Å². The second-order valence-electron chi connectivity index (χ2n) is 6.14. The number of alkyl halides is 2. The molecular weight excluding hydrogens is 354 g/mol. The lowest BCUT2D eigenvalue weighted by atomic mass is 10.1. The molecule has 1 heterocycles. The molecule has 0 saturated carbocycles. The first-order chi connectivity index (χ1) is 12.8. The van der Waals surface area contributed by atoms with Crippen molar-refractivity contribution in [2.24, 2.45) is 0 Å². The summed E-state index contributed by atoms with van der Waals surface area (Å²) in [6, 6.07) is 11.7. The number of hydrogen-bond donors (Lipinski definition) is 1. The normalized spacial score (nSPS) is 10.9. The molecular formula is C19H18F2N4O2. The second-order valence-corrected chi connectivity index (χ2v) is 6.14. The minimum Gasteiger partial charge on any atom is -0.435 e. The summed E-state index contributed by atoms with van der Waals surface area (Å²) in [4.78, 5) is 12.5. The van der Waals surface area contributed by atoms with Gasteiger partial charge in [-0.05, 0) is 68.3 Å². The Bertz CT molecular complexity index is 948. The van der Waals surface area contributed by atoms with Crippen LogP contribution in [0.5, 0.6) is 5.75 Å². The molecule has 0 aliphatic rings. The molecule has 8 heteroatoms. The summed E-state index contributed by atoms with van der Waals surface area (Å²) in [7, 11) is 0. The van der Waals surface area contributed by atoms with Crippen LogP contribution in [-0.2, 0) is 0 Å². The van der Waals surface area contributed by atoms with E-state index in [2.05, 4.69) is 20.4 Å². The van der Waals surface area contributed by atoms with Gasteiger partial charge in [-0.25, -0.2) is 4.68 Å². The molecule has 0 saturated heterocycles. The first-order valence-corrected chi connectivity index (χ1v) is 8.20. The summed E-state index contributed by atoms with van der Waals surface area (Å²) in [5.41, 5.74) is 4.04. The number of halogens is 2. The molecule has 0 aliphatic heterocycles. The highest BCUT2D eigenvalue weighted by Gasteiger charge is 2.18. The summed E-state index contributed by atoms with van der Waals surface area (Å²) in [6.07, 6.45) is 0. The second kappa shape index (κ2) is 7.53. The van der Waals surface area contributed by atoms with Crippen LogP contribution in [0.1, 0.15) is 27.3 Å². The van der Waals surface area contributed by atoms with Crippen molar-refractivity contribution in [3.8, 4) is 11.4 Å². The van der Waals surface area contributed by atoms with Gasteiger partial charge in [-0.1, -0.05) is 11.3 Å².